The maximum atomic E-state index is 12.6. The van der Waals surface area contributed by atoms with E-state index in [9.17, 15) is 4.79 Å². The molecule has 30 heavy (non-hydrogen) atoms. The Kier molecular flexibility index (Phi) is 6.89. The molecule has 0 radical (unpaired) electrons. The molecular weight excluding hydrogens is 382 g/mol. The molecule has 1 fully saturated rings. The minimum Gasteiger partial charge on any atom is -0.454 e. The van der Waals surface area contributed by atoms with Crippen LogP contribution in [0.4, 0.5) is 0 Å². The molecule has 2 aliphatic heterocycles. The van der Waals surface area contributed by atoms with Gasteiger partial charge in [0.2, 0.25) is 12.7 Å². The van der Waals surface area contributed by atoms with Gasteiger partial charge in [-0.1, -0.05) is 24.6 Å². The van der Waals surface area contributed by atoms with E-state index in [0.29, 0.717) is 24.8 Å². The van der Waals surface area contributed by atoms with Gasteiger partial charge in [0, 0.05) is 25.5 Å². The summed E-state index contributed by atoms with van der Waals surface area (Å²) in [5, 5.41) is 10.8. The molecule has 2 aliphatic rings. The first-order chi connectivity index (χ1) is 14.7. The summed E-state index contributed by atoms with van der Waals surface area (Å²) in [4.78, 5) is 12.6. The minimum absolute atomic E-state index is 0.0911. The van der Waals surface area contributed by atoms with Gasteiger partial charge in [0.1, 0.15) is 5.76 Å². The highest BCUT2D eigenvalue weighted by Crippen LogP contribution is 2.32. The maximum Gasteiger partial charge on any atom is 0.231 e. The van der Waals surface area contributed by atoms with Gasteiger partial charge in [0.25, 0.3) is 0 Å². The topological polar surface area (TPSA) is 85.6 Å². The van der Waals surface area contributed by atoms with E-state index in [2.05, 4.69) is 28.8 Å². The van der Waals surface area contributed by atoms with Gasteiger partial charge in [-0.3, -0.25) is 4.79 Å². The molecular formula is C23H31N3O4. The molecule has 0 spiro atoms. The van der Waals surface area contributed by atoms with E-state index >= 15 is 0 Å². The van der Waals surface area contributed by atoms with Crippen molar-refractivity contribution in [2.45, 2.75) is 52.0 Å². The van der Waals surface area contributed by atoms with Crippen LogP contribution in [-0.4, -0.2) is 30.9 Å². The lowest BCUT2D eigenvalue weighted by Crippen LogP contribution is -2.40. The second-order valence-electron chi connectivity index (χ2n) is 8.27. The van der Waals surface area contributed by atoms with Crippen molar-refractivity contribution in [3.63, 3.8) is 0 Å². The SMILES string of the molecule is CCCCc1cc(C[C@@H]2CNCC[C@H]2CC(=O)NCc2ccc3c(c2)OCO3)no1. The molecule has 2 atom stereocenters. The van der Waals surface area contributed by atoms with Crippen LogP contribution in [0.25, 0.3) is 0 Å². The number of piperidine rings is 1. The van der Waals surface area contributed by atoms with Crippen LogP contribution in [0.5, 0.6) is 11.5 Å². The lowest BCUT2D eigenvalue weighted by Gasteiger charge is -2.31. The van der Waals surface area contributed by atoms with Crippen molar-refractivity contribution in [1.82, 2.24) is 15.8 Å². The Hall–Kier alpha value is -2.54. The second kappa shape index (κ2) is 9.98. The molecule has 162 valence electrons. The number of fused-ring (bicyclic) bond motifs is 1. The first-order valence-corrected chi connectivity index (χ1v) is 11.0. The minimum atomic E-state index is 0.0911. The first kappa shape index (κ1) is 20.7. The fourth-order valence-electron chi connectivity index (χ4n) is 4.24. The number of nitrogens with one attached hydrogen (secondary N) is 2. The lowest BCUT2D eigenvalue weighted by atomic mass is 9.81. The molecule has 0 unspecified atom stereocenters. The Morgan fingerprint density at radius 3 is 3.03 bits per heavy atom. The third kappa shape index (κ3) is 5.33. The molecule has 2 aromatic rings. The van der Waals surface area contributed by atoms with Gasteiger partial charge in [-0.2, -0.15) is 0 Å². The molecule has 2 N–H and O–H groups in total. The molecule has 1 aromatic heterocycles. The molecule has 0 bridgehead atoms. The number of amides is 1. The highest BCUT2D eigenvalue weighted by Gasteiger charge is 2.28. The number of aryl methyl sites for hydroxylation is 1. The van der Waals surface area contributed by atoms with Crippen molar-refractivity contribution in [3.05, 3.63) is 41.3 Å². The average Bonchev–Trinajstić information content (AvgIpc) is 3.41. The first-order valence-electron chi connectivity index (χ1n) is 11.0. The quantitative estimate of drug-likeness (QED) is 0.657. The normalized spacial score (nSPS) is 20.3. The Morgan fingerprint density at radius 1 is 1.23 bits per heavy atom. The number of aromatic nitrogens is 1. The zero-order valence-electron chi connectivity index (χ0n) is 17.6. The number of rotatable bonds is 9. The molecule has 1 aromatic carbocycles. The van der Waals surface area contributed by atoms with Gasteiger partial charge in [-0.15, -0.1) is 0 Å². The highest BCUT2D eigenvalue weighted by molar-refractivity contribution is 5.76. The van der Waals surface area contributed by atoms with Crippen molar-refractivity contribution in [3.8, 4) is 11.5 Å². The zero-order valence-corrected chi connectivity index (χ0v) is 17.6. The lowest BCUT2D eigenvalue weighted by molar-refractivity contribution is -0.122. The van der Waals surface area contributed by atoms with Crippen LogP contribution in [0, 0.1) is 11.8 Å². The maximum absolute atomic E-state index is 12.6. The van der Waals surface area contributed by atoms with Crippen LogP contribution in [0.15, 0.2) is 28.8 Å². The van der Waals surface area contributed by atoms with E-state index in [1.807, 2.05) is 18.2 Å². The number of benzene rings is 1. The zero-order chi connectivity index (χ0) is 20.8. The van der Waals surface area contributed by atoms with Crippen LogP contribution in [-0.2, 0) is 24.2 Å². The van der Waals surface area contributed by atoms with Gasteiger partial charge >= 0.3 is 0 Å². The Balaban J connectivity index is 1.28. The summed E-state index contributed by atoms with van der Waals surface area (Å²) in [7, 11) is 0. The fourth-order valence-corrected chi connectivity index (χ4v) is 4.24. The van der Waals surface area contributed by atoms with Crippen LogP contribution in [0.2, 0.25) is 0 Å². The number of hydrogen-bond acceptors (Lipinski definition) is 6. The van der Waals surface area contributed by atoms with Crippen molar-refractivity contribution >= 4 is 5.91 Å². The third-order valence-corrected chi connectivity index (χ3v) is 6.00. The Morgan fingerprint density at radius 2 is 2.13 bits per heavy atom. The Bertz CT molecular complexity index is 851. The molecule has 0 saturated carbocycles. The van der Waals surface area contributed by atoms with Crippen molar-refractivity contribution < 1.29 is 18.8 Å². The predicted octanol–water partition coefficient (Wildman–Crippen LogP) is 3.22. The van der Waals surface area contributed by atoms with Gasteiger partial charge in [-0.05, 0) is 61.9 Å². The van der Waals surface area contributed by atoms with Gasteiger partial charge in [0.05, 0.1) is 5.69 Å². The number of carbonyl (C=O) groups is 1. The van der Waals surface area contributed by atoms with E-state index in [4.69, 9.17) is 14.0 Å². The standard InChI is InChI=1S/C23H31N3O4/c1-2-3-4-20-12-19(26-30-20)10-18-14-24-8-7-17(18)11-23(27)25-13-16-5-6-21-22(9-16)29-15-28-21/h5-6,9,12,17-18,24H,2-4,7-8,10-11,13-15H2,1H3,(H,25,27)/t17-,18+/m0/s1. The third-order valence-electron chi connectivity index (χ3n) is 6.00. The molecule has 1 amide bonds. The number of hydrogen-bond donors (Lipinski definition) is 2. The summed E-state index contributed by atoms with van der Waals surface area (Å²) in [6.45, 7) is 4.80. The van der Waals surface area contributed by atoms with Crippen LogP contribution in [0.1, 0.15) is 49.6 Å². The molecule has 7 nitrogen and oxygen atoms in total. The molecule has 0 aliphatic carbocycles. The average molecular weight is 414 g/mol. The molecule has 7 heteroatoms. The molecule has 1 saturated heterocycles. The monoisotopic (exact) mass is 413 g/mol. The van der Waals surface area contributed by atoms with Gasteiger partial charge in [-0.25, -0.2) is 0 Å². The summed E-state index contributed by atoms with van der Waals surface area (Å²) in [5.74, 6) is 3.29. The largest absolute Gasteiger partial charge is 0.454 e. The van der Waals surface area contributed by atoms with E-state index in [1.165, 1.54) is 0 Å². The number of unbranched alkanes of at least 4 members (excludes halogenated alkanes) is 1. The molecule has 3 heterocycles. The van der Waals surface area contributed by atoms with Crippen molar-refractivity contribution in [2.24, 2.45) is 11.8 Å². The molecule has 4 rings (SSSR count). The van der Waals surface area contributed by atoms with Gasteiger partial charge in [0.15, 0.2) is 11.5 Å². The second-order valence-corrected chi connectivity index (χ2v) is 8.27. The van der Waals surface area contributed by atoms with Crippen molar-refractivity contribution in [2.75, 3.05) is 19.9 Å². The van der Waals surface area contributed by atoms with Crippen LogP contribution in [0.3, 0.4) is 0 Å². The smallest absolute Gasteiger partial charge is 0.231 e. The summed E-state index contributed by atoms with van der Waals surface area (Å²) in [6, 6.07) is 7.86. The van der Waals surface area contributed by atoms with E-state index < -0.39 is 0 Å². The fraction of sp³-hybridized carbons (Fsp3) is 0.565. The summed E-state index contributed by atoms with van der Waals surface area (Å²) < 4.78 is 16.2. The van der Waals surface area contributed by atoms with E-state index in [1.54, 1.807) is 0 Å². The van der Waals surface area contributed by atoms with E-state index in [0.717, 1.165) is 73.7 Å². The number of nitrogens with zero attached hydrogens (tertiary/aromatic N) is 1. The van der Waals surface area contributed by atoms with Crippen LogP contribution >= 0.6 is 0 Å². The predicted molar refractivity (Wildman–Crippen MR) is 112 cm³/mol. The van der Waals surface area contributed by atoms with Crippen molar-refractivity contribution in [1.29, 1.82) is 0 Å². The van der Waals surface area contributed by atoms with Gasteiger partial charge < -0.3 is 24.6 Å². The summed E-state index contributed by atoms with van der Waals surface area (Å²) in [6.07, 6.45) is 5.60. The number of carbonyl (C=O) groups excluding carboxylic acids is 1. The highest BCUT2D eigenvalue weighted by atomic mass is 16.7. The summed E-state index contributed by atoms with van der Waals surface area (Å²) >= 11 is 0. The number of ether oxygens (including phenoxy) is 2. The Labute approximate surface area is 177 Å². The van der Waals surface area contributed by atoms with Crippen LogP contribution < -0.4 is 20.1 Å². The summed E-state index contributed by atoms with van der Waals surface area (Å²) in [5.41, 5.74) is 2.01. The van der Waals surface area contributed by atoms with E-state index in [-0.39, 0.29) is 12.7 Å².